The summed E-state index contributed by atoms with van der Waals surface area (Å²) in [5.74, 6) is -1.90. The molecule has 5 amide bonds. The van der Waals surface area contributed by atoms with Gasteiger partial charge in [-0.05, 0) is 130 Å². The van der Waals surface area contributed by atoms with Crippen LogP contribution in [0.5, 0.6) is 0 Å². The highest BCUT2D eigenvalue weighted by atomic mass is 16.7. The number of alkyl carbamates (subject to hydrolysis) is 4. The third-order valence-corrected chi connectivity index (χ3v) is 18.2. The molecule has 8 aromatic rings. The number of carbonyl (C=O) groups is 9. The Hall–Kier alpha value is -11.5. The number of ether oxygens (including phenoxy) is 5. The van der Waals surface area contributed by atoms with E-state index in [1.54, 1.807) is 13.8 Å². The molecule has 0 bridgehead atoms. The second-order valence-corrected chi connectivity index (χ2v) is 25.2. The zero-order chi connectivity index (χ0) is 73.7. The Balaban J connectivity index is 0.000000161. The van der Waals surface area contributed by atoms with Gasteiger partial charge in [0, 0.05) is 49.7 Å². The van der Waals surface area contributed by atoms with Crippen LogP contribution in [0.15, 0.2) is 194 Å². The Bertz CT molecular complexity index is 4170. The van der Waals surface area contributed by atoms with Crippen LogP contribution in [0.1, 0.15) is 116 Å². The first-order valence-corrected chi connectivity index (χ1v) is 34.0. The molecule has 5 atom stereocenters. The molecule has 0 spiro atoms. The summed E-state index contributed by atoms with van der Waals surface area (Å²) in [7, 11) is 4.18. The fourth-order valence-electron chi connectivity index (χ4n) is 13.0. The van der Waals surface area contributed by atoms with Gasteiger partial charge >= 0.3 is 36.3 Å². The molecule has 12 rings (SSSR count). The third-order valence-electron chi connectivity index (χ3n) is 18.2. The van der Waals surface area contributed by atoms with E-state index in [1.165, 1.54) is 79.6 Å². The number of benzene rings is 8. The number of carboxylic acids is 1. The molecule has 22 heteroatoms. The molecule has 22 nitrogen and oxygen atoms in total. The number of carbonyl (C=O) groups excluding carboxylic acids is 8. The van der Waals surface area contributed by atoms with Crippen molar-refractivity contribution in [3.63, 3.8) is 0 Å². The Morgan fingerprint density at radius 3 is 0.990 bits per heavy atom. The van der Waals surface area contributed by atoms with Crippen LogP contribution in [-0.2, 0) is 52.5 Å². The number of hydrogen-bond acceptors (Lipinski definition) is 16. The predicted octanol–water partition coefficient (Wildman–Crippen LogP) is 12.5. The van der Waals surface area contributed by atoms with Gasteiger partial charge in [0.1, 0.15) is 56.6 Å². The molecule has 0 radical (unpaired) electrons. The van der Waals surface area contributed by atoms with Gasteiger partial charge in [0.2, 0.25) is 0 Å². The molecule has 0 unspecified atom stereocenters. The molecule has 6 N–H and O–H groups in total. The molecule has 4 aliphatic rings. The van der Waals surface area contributed by atoms with E-state index in [0.717, 1.165) is 49.6 Å². The number of hydrogen-bond donors (Lipinski definition) is 6. The molecule has 0 heterocycles. The Kier molecular flexibility index (Phi) is 26.6. The Morgan fingerprint density at radius 2 is 0.718 bits per heavy atom. The molecular weight excluding hydrogens is 1310 g/mol. The molecule has 536 valence electrons. The quantitative estimate of drug-likeness (QED) is 0.0150. The van der Waals surface area contributed by atoms with E-state index in [-0.39, 0.29) is 74.3 Å². The van der Waals surface area contributed by atoms with Crippen molar-refractivity contribution in [1.29, 1.82) is 0 Å². The zero-order valence-electron chi connectivity index (χ0n) is 58.7. The number of nitrogens with one attached hydrogen (secondary N) is 5. The van der Waals surface area contributed by atoms with Crippen LogP contribution in [0.3, 0.4) is 0 Å². The number of methoxy groups -OCH3 is 1. The first kappa shape index (κ1) is 75.7. The van der Waals surface area contributed by atoms with Gasteiger partial charge in [0.05, 0.1) is 20.3 Å². The molecule has 0 saturated heterocycles. The smallest absolute Gasteiger partial charge is 0.407 e. The van der Waals surface area contributed by atoms with Crippen molar-refractivity contribution in [3.8, 4) is 44.5 Å². The lowest BCUT2D eigenvalue weighted by molar-refractivity contribution is -0.170. The van der Waals surface area contributed by atoms with Crippen molar-refractivity contribution in [2.75, 3.05) is 54.2 Å². The minimum atomic E-state index is -1.10. The first-order chi connectivity index (χ1) is 49.7. The summed E-state index contributed by atoms with van der Waals surface area (Å²) in [4.78, 5) is 109. The summed E-state index contributed by atoms with van der Waals surface area (Å²) in [5.41, 5.74) is 18.5. The lowest BCUT2D eigenvalue weighted by Crippen LogP contribution is -2.46. The highest BCUT2D eigenvalue weighted by Gasteiger charge is 2.34. The van der Waals surface area contributed by atoms with Crippen molar-refractivity contribution in [1.82, 2.24) is 31.6 Å². The van der Waals surface area contributed by atoms with E-state index in [4.69, 9.17) is 33.6 Å². The lowest BCUT2D eigenvalue weighted by atomic mass is 9.98. The fraction of sp³-hybridized carbons (Fsp3) is 0.296. The number of Topliss-reactive ketones (excluding diaryl/α,β-unsaturated/α-hetero) is 1. The second kappa shape index (κ2) is 36.2. The summed E-state index contributed by atoms with van der Waals surface area (Å²) in [6, 6.07) is 61.8. The molecule has 4 aliphatic carbocycles. The third kappa shape index (κ3) is 19.1. The standard InChI is InChI=1S/C25H30N2O5.C20H22N2O4.C18H17NO4.C18H17NO3/c1-16(14-26-23(24(29)31-3)13-12-17(2)28)27-25(30)32-15-22-20-10-6-4-8-18(20)19-9-5-7-11-21(19)22;1-13(19(23)22(2)25-3)21-20(24)26-12-18-16-10-6-4-8-14(16)15-9-5-7-11-17(15)18;1-11(17(20)21)19-18(22)23-10-16-14-8-4-2-6-12(14)13-7-3-5-9-15(13)16;1-12(10-20)19-18(21)22-11-17-15-8-4-2-6-13(15)14-7-3-5-9-16(14)17/h4-11,16,22-23,26H,12-15H2,1-3H3,(H,27,30);4-11,13,18H,12H2,1-3H3,(H,21,24);2-9,11,16H,10H2,1H3,(H,19,22)(H,20,21);2-10,12,17H,11H2,1H3,(H,19,21)/t16-,23-;13-;11-;12-/m0100/s1. The predicted molar refractivity (Wildman–Crippen MR) is 388 cm³/mol. The maximum absolute atomic E-state index is 12.4. The number of esters is 1. The average molecular weight is 1400 g/mol. The van der Waals surface area contributed by atoms with E-state index in [2.05, 4.69) is 112 Å². The maximum Gasteiger partial charge on any atom is 0.407 e. The van der Waals surface area contributed by atoms with E-state index in [9.17, 15) is 43.2 Å². The van der Waals surface area contributed by atoms with Crippen LogP contribution in [0.25, 0.3) is 44.5 Å². The van der Waals surface area contributed by atoms with Crippen LogP contribution in [0, 0.1) is 0 Å². The number of fused-ring (bicyclic) bond motifs is 12. The number of ketones is 1. The van der Waals surface area contributed by atoms with Gasteiger partial charge < -0.3 is 65.0 Å². The van der Waals surface area contributed by atoms with Gasteiger partial charge in [0.25, 0.3) is 5.91 Å². The summed E-state index contributed by atoms with van der Waals surface area (Å²) in [5, 5.41) is 23.0. The van der Waals surface area contributed by atoms with Crippen molar-refractivity contribution in [3.05, 3.63) is 239 Å². The number of rotatable bonds is 23. The molecular formula is C81H86N6O16. The van der Waals surface area contributed by atoms with Gasteiger partial charge in [-0.1, -0.05) is 194 Å². The van der Waals surface area contributed by atoms with Crippen molar-refractivity contribution >= 4 is 54.3 Å². The van der Waals surface area contributed by atoms with Crippen molar-refractivity contribution < 1.29 is 76.8 Å². The van der Waals surface area contributed by atoms with Gasteiger partial charge in [0.15, 0.2) is 0 Å². The van der Waals surface area contributed by atoms with E-state index >= 15 is 0 Å². The first-order valence-electron chi connectivity index (χ1n) is 34.0. The molecule has 0 saturated carbocycles. The molecule has 0 aliphatic heterocycles. The number of hydroxylamine groups is 2. The summed E-state index contributed by atoms with van der Waals surface area (Å²) in [6.07, 6.45) is -1.14. The summed E-state index contributed by atoms with van der Waals surface area (Å²) in [6.45, 7) is 9.09. The van der Waals surface area contributed by atoms with Crippen LogP contribution in [0.4, 0.5) is 19.2 Å². The van der Waals surface area contributed by atoms with Gasteiger partial charge in [-0.25, -0.2) is 24.2 Å². The van der Waals surface area contributed by atoms with Crippen LogP contribution < -0.4 is 26.6 Å². The van der Waals surface area contributed by atoms with Gasteiger partial charge in [-0.3, -0.25) is 19.2 Å². The minimum Gasteiger partial charge on any atom is -0.480 e. The topological polar surface area (TPSA) is 293 Å². The average Bonchev–Trinajstić information content (AvgIpc) is 1.65. The highest BCUT2D eigenvalue weighted by Crippen LogP contribution is 2.48. The van der Waals surface area contributed by atoms with Gasteiger partial charge in [-0.2, -0.15) is 0 Å². The zero-order valence-corrected chi connectivity index (χ0v) is 58.7. The second-order valence-electron chi connectivity index (χ2n) is 25.2. The number of nitrogens with zero attached hydrogens (tertiary/aromatic N) is 1. The monoisotopic (exact) mass is 1400 g/mol. The minimum absolute atomic E-state index is 0.00290. The molecule has 8 aromatic carbocycles. The number of likely N-dealkylation sites (N-methyl/N-ethyl adjacent to an activating group) is 1. The SMILES string of the molecule is COC(=O)[C@H](CCC(C)=O)NC[C@H](C)NC(=O)OCC1c2ccccc2-c2ccccc21.CON(C)C(=O)[C@@H](C)NC(=O)OCC1c2ccccc2-c2ccccc21.C[C@@H](C=O)NC(=O)OCC1c2ccccc2-c2ccccc21.C[C@H](NC(=O)OCC1c2ccccc2-c2ccccc21)C(=O)O. The van der Waals surface area contributed by atoms with E-state index < -0.39 is 60.5 Å². The van der Waals surface area contributed by atoms with Crippen LogP contribution >= 0.6 is 0 Å². The van der Waals surface area contributed by atoms with Crippen LogP contribution in [-0.4, -0.2) is 149 Å². The largest absolute Gasteiger partial charge is 0.480 e. The lowest BCUT2D eigenvalue weighted by Gasteiger charge is -2.20. The summed E-state index contributed by atoms with van der Waals surface area (Å²) < 4.78 is 26.3. The van der Waals surface area contributed by atoms with Gasteiger partial charge in [-0.15, -0.1) is 0 Å². The van der Waals surface area contributed by atoms with Crippen LogP contribution in [0.2, 0.25) is 0 Å². The number of amides is 5. The van der Waals surface area contributed by atoms with E-state index in [0.29, 0.717) is 19.3 Å². The van der Waals surface area contributed by atoms with Crippen molar-refractivity contribution in [2.45, 2.75) is 101 Å². The number of carboxylic acid groups (broad SMARTS) is 1. The molecule has 103 heavy (non-hydrogen) atoms. The highest BCUT2D eigenvalue weighted by molar-refractivity contribution is 5.86. The van der Waals surface area contributed by atoms with Crippen molar-refractivity contribution in [2.24, 2.45) is 0 Å². The maximum atomic E-state index is 12.4. The molecule has 0 aromatic heterocycles. The Labute approximate surface area is 598 Å². The number of aldehydes is 1. The number of aliphatic carboxylic acids is 1. The summed E-state index contributed by atoms with van der Waals surface area (Å²) >= 11 is 0. The molecule has 0 fully saturated rings. The fourth-order valence-corrected chi connectivity index (χ4v) is 13.0. The van der Waals surface area contributed by atoms with E-state index in [1.807, 2.05) is 116 Å². The Morgan fingerprint density at radius 1 is 0.437 bits per heavy atom. The normalized spacial score (nSPS) is 13.8.